The summed E-state index contributed by atoms with van der Waals surface area (Å²) in [6, 6.07) is 5.13. The Hall–Kier alpha value is -1.62. The van der Waals surface area contributed by atoms with E-state index in [0.717, 1.165) is 36.4 Å². The number of nitro groups is 1. The predicted molar refractivity (Wildman–Crippen MR) is 82.8 cm³/mol. The van der Waals surface area contributed by atoms with Gasteiger partial charge in [0.15, 0.2) is 0 Å². The number of benzene rings is 1. The van der Waals surface area contributed by atoms with Crippen molar-refractivity contribution in [3.05, 3.63) is 33.9 Å². The summed E-state index contributed by atoms with van der Waals surface area (Å²) in [7, 11) is 2.11. The summed E-state index contributed by atoms with van der Waals surface area (Å²) in [5.74, 6) is 2.70. The molecule has 3 rings (SSSR count). The first kappa shape index (κ1) is 14.3. The smallest absolute Gasteiger partial charge is 0.292 e. The van der Waals surface area contributed by atoms with Crippen LogP contribution >= 0.6 is 0 Å². The van der Waals surface area contributed by atoms with Crippen LogP contribution in [0.2, 0.25) is 0 Å². The van der Waals surface area contributed by atoms with Crippen LogP contribution in [-0.4, -0.2) is 23.4 Å². The molecular weight excluding hydrogens is 266 g/mol. The lowest BCUT2D eigenvalue weighted by atomic mass is 9.88. The molecule has 0 radical (unpaired) electrons. The molecule has 2 fully saturated rings. The molecule has 0 saturated heterocycles. The van der Waals surface area contributed by atoms with Crippen LogP contribution in [0.3, 0.4) is 0 Å². The van der Waals surface area contributed by atoms with E-state index in [2.05, 4.69) is 11.9 Å². The maximum Gasteiger partial charge on any atom is 0.292 e. The maximum absolute atomic E-state index is 10.9. The average Bonchev–Trinajstić information content (AvgIpc) is 3.03. The van der Waals surface area contributed by atoms with Crippen molar-refractivity contribution in [2.24, 2.45) is 17.8 Å². The summed E-state index contributed by atoms with van der Waals surface area (Å²) in [5.41, 5.74) is 6.85. The zero-order valence-electron chi connectivity index (χ0n) is 12.5. The van der Waals surface area contributed by atoms with E-state index in [4.69, 9.17) is 5.73 Å². The van der Waals surface area contributed by atoms with Crippen molar-refractivity contribution < 1.29 is 4.92 Å². The van der Waals surface area contributed by atoms with Gasteiger partial charge in [0.25, 0.3) is 5.69 Å². The molecule has 2 aliphatic rings. The Morgan fingerprint density at radius 1 is 1.38 bits per heavy atom. The molecule has 2 N–H and O–H groups in total. The molecule has 0 spiro atoms. The highest BCUT2D eigenvalue weighted by atomic mass is 16.6. The van der Waals surface area contributed by atoms with E-state index in [0.29, 0.717) is 0 Å². The Morgan fingerprint density at radius 2 is 2.19 bits per heavy atom. The van der Waals surface area contributed by atoms with Gasteiger partial charge in [-0.3, -0.25) is 10.1 Å². The normalized spacial score (nSPS) is 27.4. The summed E-state index contributed by atoms with van der Waals surface area (Å²) >= 11 is 0. The third-order valence-corrected chi connectivity index (χ3v) is 5.17. The Labute approximate surface area is 125 Å². The van der Waals surface area contributed by atoms with Crippen LogP contribution in [0.15, 0.2) is 18.2 Å². The third kappa shape index (κ3) is 3.02. The summed E-state index contributed by atoms with van der Waals surface area (Å²) < 4.78 is 0. The van der Waals surface area contributed by atoms with Gasteiger partial charge in [0.2, 0.25) is 0 Å². The minimum absolute atomic E-state index is 0.0147. The van der Waals surface area contributed by atoms with E-state index >= 15 is 0 Å². The Balaban J connectivity index is 1.61. The van der Waals surface area contributed by atoms with E-state index in [1.165, 1.54) is 25.7 Å². The number of hydrogen-bond acceptors (Lipinski definition) is 4. The number of nitrogen functional groups attached to an aromatic ring is 1. The average molecular weight is 289 g/mol. The number of anilines is 1. The minimum Gasteiger partial charge on any atom is -0.393 e. The van der Waals surface area contributed by atoms with Gasteiger partial charge in [-0.05, 0) is 55.7 Å². The van der Waals surface area contributed by atoms with E-state index in [1.807, 2.05) is 6.07 Å². The second-order valence-corrected chi connectivity index (χ2v) is 6.78. The largest absolute Gasteiger partial charge is 0.393 e. The lowest BCUT2D eigenvalue weighted by molar-refractivity contribution is -0.384. The molecule has 3 atom stereocenters. The molecular formula is C16H23N3O2. The second kappa shape index (κ2) is 5.64. The van der Waals surface area contributed by atoms with E-state index < -0.39 is 4.92 Å². The van der Waals surface area contributed by atoms with Crippen LogP contribution in [0, 0.1) is 27.9 Å². The molecule has 2 aliphatic carbocycles. The molecule has 0 amide bonds. The molecule has 0 heterocycles. The second-order valence-electron chi connectivity index (χ2n) is 6.78. The molecule has 1 aromatic rings. The van der Waals surface area contributed by atoms with Crippen LogP contribution in [0.1, 0.15) is 31.2 Å². The van der Waals surface area contributed by atoms with Gasteiger partial charge in [0.1, 0.15) is 5.69 Å². The minimum atomic E-state index is -0.408. The van der Waals surface area contributed by atoms with Crippen molar-refractivity contribution in [3.8, 4) is 0 Å². The summed E-state index contributed by atoms with van der Waals surface area (Å²) in [5, 5.41) is 10.9. The number of rotatable bonds is 5. The van der Waals surface area contributed by atoms with E-state index in [-0.39, 0.29) is 11.4 Å². The highest BCUT2D eigenvalue weighted by Gasteiger charge is 2.39. The summed E-state index contributed by atoms with van der Waals surface area (Å²) in [6.07, 6.45) is 5.62. The van der Waals surface area contributed by atoms with Crippen LogP contribution < -0.4 is 5.73 Å². The molecule has 5 heteroatoms. The van der Waals surface area contributed by atoms with Crippen molar-refractivity contribution in [1.82, 2.24) is 4.90 Å². The molecule has 2 bridgehead atoms. The fraction of sp³-hybridized carbons (Fsp3) is 0.625. The molecule has 114 valence electrons. The van der Waals surface area contributed by atoms with E-state index in [9.17, 15) is 10.1 Å². The fourth-order valence-electron chi connectivity index (χ4n) is 4.22. The lowest BCUT2D eigenvalue weighted by Crippen LogP contribution is -2.28. The third-order valence-electron chi connectivity index (χ3n) is 5.17. The molecule has 1 aromatic carbocycles. The number of nitrogens with two attached hydrogens (primary N) is 1. The van der Waals surface area contributed by atoms with Gasteiger partial charge in [0.05, 0.1) is 4.92 Å². The first-order valence-electron chi connectivity index (χ1n) is 7.74. The predicted octanol–water partition coefficient (Wildman–Crippen LogP) is 3.05. The Morgan fingerprint density at radius 3 is 2.81 bits per heavy atom. The molecule has 0 aromatic heterocycles. The van der Waals surface area contributed by atoms with Gasteiger partial charge >= 0.3 is 0 Å². The van der Waals surface area contributed by atoms with Crippen molar-refractivity contribution in [2.75, 3.05) is 19.3 Å². The number of nitrogens with zero attached hydrogens (tertiary/aromatic N) is 2. The topological polar surface area (TPSA) is 72.4 Å². The zero-order valence-corrected chi connectivity index (χ0v) is 12.5. The number of hydrogen-bond donors (Lipinski definition) is 1. The van der Waals surface area contributed by atoms with Gasteiger partial charge in [-0.25, -0.2) is 0 Å². The van der Waals surface area contributed by atoms with Gasteiger partial charge in [-0.2, -0.15) is 0 Å². The zero-order chi connectivity index (χ0) is 15.0. The van der Waals surface area contributed by atoms with Crippen molar-refractivity contribution >= 4 is 11.4 Å². The Kier molecular flexibility index (Phi) is 3.85. The highest BCUT2D eigenvalue weighted by molar-refractivity contribution is 5.59. The monoisotopic (exact) mass is 289 g/mol. The van der Waals surface area contributed by atoms with E-state index in [1.54, 1.807) is 12.1 Å². The molecule has 5 nitrogen and oxygen atoms in total. The first-order valence-corrected chi connectivity index (χ1v) is 7.74. The quantitative estimate of drug-likeness (QED) is 0.513. The van der Waals surface area contributed by atoms with Crippen LogP contribution in [0.4, 0.5) is 11.4 Å². The number of nitro benzene ring substituents is 1. The molecule has 2 saturated carbocycles. The first-order chi connectivity index (χ1) is 10.0. The SMILES string of the molecule is CN(Cc1ccc(N)c([N+](=O)[O-])c1)CC1CC2CCC1C2. The molecule has 0 aliphatic heterocycles. The van der Waals surface area contributed by atoms with Gasteiger partial charge in [0, 0.05) is 19.2 Å². The molecule has 3 unspecified atom stereocenters. The summed E-state index contributed by atoms with van der Waals surface area (Å²) in [6.45, 7) is 1.84. The maximum atomic E-state index is 10.9. The van der Waals surface area contributed by atoms with Crippen molar-refractivity contribution in [1.29, 1.82) is 0 Å². The summed E-state index contributed by atoms with van der Waals surface area (Å²) in [4.78, 5) is 12.8. The van der Waals surface area contributed by atoms with Gasteiger partial charge in [-0.1, -0.05) is 12.5 Å². The fourth-order valence-corrected chi connectivity index (χ4v) is 4.22. The number of fused-ring (bicyclic) bond motifs is 2. The van der Waals surface area contributed by atoms with Crippen LogP contribution in [0.25, 0.3) is 0 Å². The lowest BCUT2D eigenvalue weighted by Gasteiger charge is -2.27. The van der Waals surface area contributed by atoms with Crippen molar-refractivity contribution in [2.45, 2.75) is 32.2 Å². The van der Waals surface area contributed by atoms with Crippen LogP contribution in [-0.2, 0) is 6.54 Å². The highest BCUT2D eigenvalue weighted by Crippen LogP contribution is 2.48. The van der Waals surface area contributed by atoms with Crippen molar-refractivity contribution in [3.63, 3.8) is 0 Å². The van der Waals surface area contributed by atoms with Crippen LogP contribution in [0.5, 0.6) is 0 Å². The molecule has 21 heavy (non-hydrogen) atoms. The van der Waals surface area contributed by atoms with Gasteiger partial charge in [-0.15, -0.1) is 0 Å². The standard InChI is InChI=1S/C16H23N3O2/c1-18(10-14-7-11-2-4-13(14)6-11)9-12-3-5-15(17)16(8-12)19(20)21/h3,5,8,11,13-14H,2,4,6-7,9-10,17H2,1H3. The Bertz CT molecular complexity index is 546. The van der Waals surface area contributed by atoms with Gasteiger partial charge < -0.3 is 10.6 Å².